The summed E-state index contributed by atoms with van der Waals surface area (Å²) in [4.78, 5) is 36.8. The van der Waals surface area contributed by atoms with Crippen molar-refractivity contribution < 1.29 is 19.1 Å². The van der Waals surface area contributed by atoms with E-state index in [1.54, 1.807) is 6.92 Å². The van der Waals surface area contributed by atoms with Crippen molar-refractivity contribution in [1.29, 1.82) is 0 Å². The Balaban J connectivity index is 2.16. The maximum Gasteiger partial charge on any atom is 0.330 e. The van der Waals surface area contributed by atoms with Gasteiger partial charge >= 0.3 is 5.97 Å². The van der Waals surface area contributed by atoms with E-state index >= 15 is 0 Å². The fraction of sp³-hybridized carbons (Fsp3) is 0.400. The number of hydrogen-bond acceptors (Lipinski definition) is 4. The molecule has 0 aromatic heterocycles. The summed E-state index contributed by atoms with van der Waals surface area (Å²) >= 11 is 0. The van der Waals surface area contributed by atoms with Gasteiger partial charge in [-0.3, -0.25) is 9.59 Å². The molecule has 1 saturated heterocycles. The lowest BCUT2D eigenvalue weighted by molar-refractivity contribution is -0.177. The molecule has 0 aliphatic carbocycles. The SMILES string of the molecule is CCOC(=O)[C@H]1[C@@H](C(C)=O)C(=O)N1Cc1ccccc1. The molecule has 0 N–H and O–H groups in total. The maximum absolute atomic E-state index is 12.0. The van der Waals surface area contributed by atoms with E-state index in [-0.39, 0.29) is 18.3 Å². The summed E-state index contributed by atoms with van der Waals surface area (Å²) in [5, 5.41) is 0. The van der Waals surface area contributed by atoms with Crippen LogP contribution in [0.1, 0.15) is 19.4 Å². The number of carbonyl (C=O) groups excluding carboxylic acids is 3. The Labute approximate surface area is 117 Å². The second-order valence-electron chi connectivity index (χ2n) is 4.74. The molecule has 0 unspecified atom stereocenters. The molecular weight excluding hydrogens is 258 g/mol. The fourth-order valence-corrected chi connectivity index (χ4v) is 2.39. The molecule has 5 nitrogen and oxygen atoms in total. The van der Waals surface area contributed by atoms with Crippen LogP contribution in [0.5, 0.6) is 0 Å². The molecule has 2 rings (SSSR count). The lowest BCUT2D eigenvalue weighted by Crippen LogP contribution is -2.66. The Morgan fingerprint density at radius 1 is 1.25 bits per heavy atom. The number of hydrogen-bond donors (Lipinski definition) is 0. The smallest absolute Gasteiger partial charge is 0.330 e. The van der Waals surface area contributed by atoms with E-state index in [0.29, 0.717) is 6.54 Å². The molecule has 20 heavy (non-hydrogen) atoms. The average molecular weight is 275 g/mol. The number of β-lactam (4-membered cyclic amide) rings is 1. The monoisotopic (exact) mass is 275 g/mol. The highest BCUT2D eigenvalue weighted by Gasteiger charge is 2.54. The zero-order chi connectivity index (χ0) is 14.7. The number of benzene rings is 1. The number of Topliss-reactive ketones (excluding diaryl/α,β-unsaturated/α-hetero) is 1. The van der Waals surface area contributed by atoms with Crippen LogP contribution < -0.4 is 0 Å². The first-order valence-electron chi connectivity index (χ1n) is 6.57. The highest BCUT2D eigenvalue weighted by Crippen LogP contribution is 2.30. The van der Waals surface area contributed by atoms with Gasteiger partial charge in [0.15, 0.2) is 0 Å². The van der Waals surface area contributed by atoms with Gasteiger partial charge in [0.1, 0.15) is 17.7 Å². The molecule has 1 aliphatic rings. The molecule has 0 spiro atoms. The van der Waals surface area contributed by atoms with Gasteiger partial charge in [0.25, 0.3) is 0 Å². The van der Waals surface area contributed by atoms with Gasteiger partial charge in [-0.15, -0.1) is 0 Å². The first kappa shape index (κ1) is 14.2. The van der Waals surface area contributed by atoms with Gasteiger partial charge in [-0.05, 0) is 19.4 Å². The molecule has 0 saturated carbocycles. The van der Waals surface area contributed by atoms with Crippen LogP contribution in [0, 0.1) is 5.92 Å². The Morgan fingerprint density at radius 3 is 2.45 bits per heavy atom. The van der Waals surface area contributed by atoms with Crippen molar-refractivity contribution in [3.05, 3.63) is 35.9 Å². The minimum Gasteiger partial charge on any atom is -0.464 e. The number of ketones is 1. The molecule has 1 amide bonds. The first-order valence-corrected chi connectivity index (χ1v) is 6.57. The molecule has 0 radical (unpaired) electrons. The summed E-state index contributed by atoms with van der Waals surface area (Å²) in [5.74, 6) is -2.00. The molecule has 5 heteroatoms. The Hall–Kier alpha value is -2.17. The van der Waals surface area contributed by atoms with Crippen molar-refractivity contribution in [3.8, 4) is 0 Å². The highest BCUT2D eigenvalue weighted by molar-refractivity contribution is 6.11. The molecule has 2 atom stereocenters. The van der Waals surface area contributed by atoms with Crippen molar-refractivity contribution in [2.24, 2.45) is 5.92 Å². The van der Waals surface area contributed by atoms with Gasteiger partial charge in [0.2, 0.25) is 5.91 Å². The van der Waals surface area contributed by atoms with Gasteiger partial charge in [-0.25, -0.2) is 4.79 Å². The molecule has 0 bridgehead atoms. The fourth-order valence-electron chi connectivity index (χ4n) is 2.39. The molecule has 1 aromatic carbocycles. The van der Waals surface area contributed by atoms with Gasteiger partial charge in [-0.2, -0.15) is 0 Å². The third-order valence-corrected chi connectivity index (χ3v) is 3.36. The second kappa shape index (κ2) is 5.86. The van der Waals surface area contributed by atoms with E-state index in [4.69, 9.17) is 4.74 Å². The molecule has 1 fully saturated rings. The zero-order valence-corrected chi connectivity index (χ0v) is 11.5. The van der Waals surface area contributed by atoms with E-state index in [1.165, 1.54) is 11.8 Å². The average Bonchev–Trinajstić information content (AvgIpc) is 2.42. The van der Waals surface area contributed by atoms with Crippen molar-refractivity contribution >= 4 is 17.7 Å². The minimum absolute atomic E-state index is 0.229. The lowest BCUT2D eigenvalue weighted by Gasteiger charge is -2.44. The molecule has 1 heterocycles. The minimum atomic E-state index is -0.891. The van der Waals surface area contributed by atoms with Crippen LogP contribution in [-0.2, 0) is 25.7 Å². The molecule has 106 valence electrons. The summed E-state index contributed by atoms with van der Waals surface area (Å²) in [5.41, 5.74) is 0.914. The normalized spacial score (nSPS) is 21.3. The molecular formula is C15H17NO4. The van der Waals surface area contributed by atoms with Crippen LogP contribution in [0.3, 0.4) is 0 Å². The van der Waals surface area contributed by atoms with Crippen LogP contribution in [0.25, 0.3) is 0 Å². The van der Waals surface area contributed by atoms with Crippen LogP contribution in [-0.4, -0.2) is 35.2 Å². The van der Waals surface area contributed by atoms with Gasteiger partial charge < -0.3 is 9.64 Å². The van der Waals surface area contributed by atoms with E-state index in [9.17, 15) is 14.4 Å². The number of rotatable bonds is 5. The van der Waals surface area contributed by atoms with E-state index in [0.717, 1.165) is 5.56 Å². The summed E-state index contributed by atoms with van der Waals surface area (Å²) in [6, 6.07) is 8.55. The lowest BCUT2D eigenvalue weighted by atomic mass is 9.84. The number of likely N-dealkylation sites (tertiary alicyclic amines) is 1. The van der Waals surface area contributed by atoms with Gasteiger partial charge in [-0.1, -0.05) is 30.3 Å². The molecule has 1 aliphatic heterocycles. The van der Waals surface area contributed by atoms with E-state index in [1.807, 2.05) is 30.3 Å². The maximum atomic E-state index is 12.0. The van der Waals surface area contributed by atoms with E-state index < -0.39 is 17.9 Å². The summed E-state index contributed by atoms with van der Waals surface area (Å²) in [6.07, 6.45) is 0. The van der Waals surface area contributed by atoms with Crippen LogP contribution >= 0.6 is 0 Å². The Bertz CT molecular complexity index is 526. The standard InChI is InChI=1S/C15H17NO4/c1-3-20-15(19)13-12(10(2)17)14(18)16(13)9-11-7-5-4-6-8-11/h4-8,12-13H,3,9H2,1-2H3/t12-,13-/m1/s1. The summed E-state index contributed by atoms with van der Waals surface area (Å²) in [7, 11) is 0. The largest absolute Gasteiger partial charge is 0.464 e. The number of esters is 1. The number of nitrogens with zero attached hydrogens (tertiary/aromatic N) is 1. The van der Waals surface area contributed by atoms with Crippen LogP contribution in [0.2, 0.25) is 0 Å². The number of carbonyl (C=O) groups is 3. The number of amides is 1. The molecule has 1 aromatic rings. The van der Waals surface area contributed by atoms with Gasteiger partial charge in [0.05, 0.1) is 6.61 Å². The first-order chi connectivity index (χ1) is 9.56. The topological polar surface area (TPSA) is 63.7 Å². The van der Waals surface area contributed by atoms with Crippen molar-refractivity contribution in [3.63, 3.8) is 0 Å². The van der Waals surface area contributed by atoms with Crippen molar-refractivity contribution in [1.82, 2.24) is 4.90 Å². The van der Waals surface area contributed by atoms with Crippen molar-refractivity contribution in [2.45, 2.75) is 26.4 Å². The third-order valence-electron chi connectivity index (χ3n) is 3.36. The summed E-state index contributed by atoms with van der Waals surface area (Å²) in [6.45, 7) is 3.57. The quantitative estimate of drug-likeness (QED) is 0.459. The zero-order valence-electron chi connectivity index (χ0n) is 11.5. The number of ether oxygens (including phenoxy) is 1. The summed E-state index contributed by atoms with van der Waals surface area (Å²) < 4.78 is 4.96. The second-order valence-corrected chi connectivity index (χ2v) is 4.74. The Kier molecular flexibility index (Phi) is 4.17. The van der Waals surface area contributed by atoms with Gasteiger partial charge in [0, 0.05) is 6.54 Å². The third kappa shape index (κ3) is 2.57. The highest BCUT2D eigenvalue weighted by atomic mass is 16.5. The van der Waals surface area contributed by atoms with Crippen LogP contribution in [0.4, 0.5) is 0 Å². The predicted molar refractivity (Wildman–Crippen MR) is 71.6 cm³/mol. The van der Waals surface area contributed by atoms with E-state index in [2.05, 4.69) is 0 Å². The van der Waals surface area contributed by atoms with Crippen LogP contribution in [0.15, 0.2) is 30.3 Å². The Morgan fingerprint density at radius 2 is 1.90 bits per heavy atom. The predicted octanol–water partition coefficient (Wildman–Crippen LogP) is 1.17. The van der Waals surface area contributed by atoms with Crippen molar-refractivity contribution in [2.75, 3.05) is 6.61 Å².